The Bertz CT molecular complexity index is 1310. The van der Waals surface area contributed by atoms with Gasteiger partial charge in [0.05, 0.1) is 17.6 Å². The number of fused-ring (bicyclic) bond motifs is 2. The average molecular weight is 417 g/mol. The third-order valence-corrected chi connectivity index (χ3v) is 5.13. The summed E-state index contributed by atoms with van der Waals surface area (Å²) in [6.07, 6.45) is 3.57. The van der Waals surface area contributed by atoms with Gasteiger partial charge in [0.15, 0.2) is 5.65 Å². The van der Waals surface area contributed by atoms with Crippen LogP contribution in [0.1, 0.15) is 10.6 Å². The average Bonchev–Trinajstić information content (AvgIpc) is 3.39. The van der Waals surface area contributed by atoms with E-state index in [9.17, 15) is 9.59 Å². The minimum absolute atomic E-state index is 0.0141. The Morgan fingerprint density at radius 3 is 2.81 bits per heavy atom. The number of benzene rings is 1. The van der Waals surface area contributed by atoms with Gasteiger partial charge in [-0.05, 0) is 24.3 Å². The number of amides is 2. The molecule has 10 nitrogen and oxygen atoms in total. The molecule has 0 saturated carbocycles. The molecule has 31 heavy (non-hydrogen) atoms. The number of hydrogen-bond donors (Lipinski definition) is 1. The molecule has 0 saturated heterocycles. The van der Waals surface area contributed by atoms with Crippen LogP contribution >= 0.6 is 0 Å². The summed E-state index contributed by atoms with van der Waals surface area (Å²) in [4.78, 5) is 31.5. The molecular weight excluding hydrogens is 398 g/mol. The summed E-state index contributed by atoms with van der Waals surface area (Å²) in [7, 11) is 3.48. The van der Waals surface area contributed by atoms with Crippen molar-refractivity contribution in [1.82, 2.24) is 29.7 Å². The standard InChI is InChI=1S/C21H19N7O3/c1-26-11-13(10-22-26)15-7-5-9-18-24-19(25-28(15)18)20(29)23-14-12-31-17-8-4-3-6-16(17)27(2)21(14)30/h3-11,14H,12H2,1-2H3,(H,23,29)/t14-/m0/s1. The fraction of sp³-hybridized carbons (Fsp3) is 0.190. The highest BCUT2D eigenvalue weighted by atomic mass is 16.5. The molecule has 4 aromatic rings. The molecular formula is C21H19N7O3. The lowest BCUT2D eigenvalue weighted by atomic mass is 10.2. The van der Waals surface area contributed by atoms with E-state index in [2.05, 4.69) is 20.5 Å². The Hall–Kier alpha value is -4.21. The molecule has 1 aromatic carbocycles. The van der Waals surface area contributed by atoms with E-state index in [4.69, 9.17) is 4.74 Å². The number of carbonyl (C=O) groups is 2. The monoisotopic (exact) mass is 417 g/mol. The Morgan fingerprint density at radius 1 is 1.16 bits per heavy atom. The zero-order chi connectivity index (χ0) is 21.5. The van der Waals surface area contributed by atoms with E-state index in [1.807, 2.05) is 37.5 Å². The number of aromatic nitrogens is 5. The van der Waals surface area contributed by atoms with Crippen LogP contribution in [0.25, 0.3) is 16.9 Å². The quantitative estimate of drug-likeness (QED) is 0.538. The van der Waals surface area contributed by atoms with Crippen LogP contribution in [-0.2, 0) is 11.8 Å². The van der Waals surface area contributed by atoms with Crippen LogP contribution in [0.2, 0.25) is 0 Å². The number of pyridine rings is 1. The maximum atomic E-state index is 12.9. The van der Waals surface area contributed by atoms with Gasteiger partial charge in [-0.25, -0.2) is 9.50 Å². The molecule has 0 radical (unpaired) electrons. The maximum absolute atomic E-state index is 12.9. The summed E-state index contributed by atoms with van der Waals surface area (Å²) in [5.41, 5.74) is 2.76. The van der Waals surface area contributed by atoms with Gasteiger partial charge in [-0.15, -0.1) is 5.10 Å². The van der Waals surface area contributed by atoms with E-state index in [0.29, 0.717) is 17.1 Å². The third kappa shape index (κ3) is 3.27. The fourth-order valence-electron chi connectivity index (χ4n) is 3.55. The number of ether oxygens (including phenoxy) is 1. The summed E-state index contributed by atoms with van der Waals surface area (Å²) < 4.78 is 9.01. The number of carbonyl (C=O) groups excluding carboxylic acids is 2. The molecule has 0 aliphatic carbocycles. The van der Waals surface area contributed by atoms with Gasteiger partial charge in [0.2, 0.25) is 5.82 Å². The Labute approximate surface area is 177 Å². The van der Waals surface area contributed by atoms with Gasteiger partial charge >= 0.3 is 0 Å². The molecule has 1 aliphatic heterocycles. The lowest BCUT2D eigenvalue weighted by Crippen LogP contribution is -2.49. The van der Waals surface area contributed by atoms with Crippen LogP contribution in [0, 0.1) is 0 Å². The molecule has 0 spiro atoms. The van der Waals surface area contributed by atoms with Crippen molar-refractivity contribution in [1.29, 1.82) is 0 Å². The minimum Gasteiger partial charge on any atom is -0.489 e. The van der Waals surface area contributed by atoms with Crippen molar-refractivity contribution < 1.29 is 14.3 Å². The highest BCUT2D eigenvalue weighted by molar-refractivity contribution is 6.02. The predicted molar refractivity (Wildman–Crippen MR) is 112 cm³/mol. The van der Waals surface area contributed by atoms with Gasteiger partial charge in [-0.1, -0.05) is 18.2 Å². The first kappa shape index (κ1) is 18.8. The number of aryl methyl sites for hydroxylation is 1. The van der Waals surface area contributed by atoms with Crippen LogP contribution in [0.15, 0.2) is 54.9 Å². The van der Waals surface area contributed by atoms with Crippen molar-refractivity contribution in [2.24, 2.45) is 7.05 Å². The van der Waals surface area contributed by atoms with Crippen molar-refractivity contribution in [3.05, 3.63) is 60.7 Å². The zero-order valence-corrected chi connectivity index (χ0v) is 16.9. The van der Waals surface area contributed by atoms with Gasteiger partial charge in [0.1, 0.15) is 18.4 Å². The molecule has 1 N–H and O–H groups in total. The fourth-order valence-corrected chi connectivity index (χ4v) is 3.55. The summed E-state index contributed by atoms with van der Waals surface area (Å²) in [5, 5.41) is 11.2. The number of rotatable bonds is 3. The lowest BCUT2D eigenvalue weighted by Gasteiger charge is -2.19. The molecule has 5 rings (SSSR count). The Balaban J connectivity index is 1.41. The number of nitrogens with one attached hydrogen (secondary N) is 1. The number of para-hydroxylation sites is 2. The first-order chi connectivity index (χ1) is 15.0. The van der Waals surface area contributed by atoms with Crippen LogP contribution < -0.4 is 15.0 Å². The van der Waals surface area contributed by atoms with Crippen LogP contribution in [0.5, 0.6) is 5.75 Å². The SMILES string of the molecule is CN1C(=O)[C@@H](NC(=O)c2nc3cccc(-c4cnn(C)c4)n3n2)COc2ccccc21. The number of anilines is 1. The van der Waals surface area contributed by atoms with Crippen molar-refractivity contribution in [2.45, 2.75) is 6.04 Å². The largest absolute Gasteiger partial charge is 0.489 e. The molecule has 0 unspecified atom stereocenters. The normalized spacial score (nSPS) is 16.0. The molecule has 4 heterocycles. The Kier molecular flexibility index (Phi) is 4.39. The van der Waals surface area contributed by atoms with Gasteiger partial charge in [-0.3, -0.25) is 14.3 Å². The number of nitrogens with zero attached hydrogens (tertiary/aromatic N) is 6. The van der Waals surface area contributed by atoms with Gasteiger partial charge in [-0.2, -0.15) is 5.10 Å². The molecule has 0 bridgehead atoms. The molecule has 3 aromatic heterocycles. The van der Waals surface area contributed by atoms with Crippen molar-refractivity contribution in [2.75, 3.05) is 18.6 Å². The topological polar surface area (TPSA) is 107 Å². The van der Waals surface area contributed by atoms with E-state index in [0.717, 1.165) is 11.3 Å². The second kappa shape index (κ2) is 7.24. The highest BCUT2D eigenvalue weighted by Gasteiger charge is 2.31. The van der Waals surface area contributed by atoms with Crippen LogP contribution in [-0.4, -0.2) is 55.9 Å². The summed E-state index contributed by atoms with van der Waals surface area (Å²) in [6, 6.07) is 11.8. The first-order valence-electron chi connectivity index (χ1n) is 9.66. The minimum atomic E-state index is -0.866. The lowest BCUT2D eigenvalue weighted by molar-refractivity contribution is -0.120. The van der Waals surface area contributed by atoms with Gasteiger partial charge in [0, 0.05) is 25.9 Å². The maximum Gasteiger partial charge on any atom is 0.291 e. The molecule has 10 heteroatoms. The molecule has 2 amide bonds. The smallest absolute Gasteiger partial charge is 0.291 e. The molecule has 1 atom stereocenters. The zero-order valence-electron chi connectivity index (χ0n) is 16.9. The van der Waals surface area contributed by atoms with E-state index >= 15 is 0 Å². The summed E-state index contributed by atoms with van der Waals surface area (Å²) in [5.74, 6) is -0.282. The Morgan fingerprint density at radius 2 is 2.00 bits per heavy atom. The molecule has 1 aliphatic rings. The van der Waals surface area contributed by atoms with Gasteiger partial charge < -0.3 is 15.0 Å². The third-order valence-electron chi connectivity index (χ3n) is 5.13. The predicted octanol–water partition coefficient (Wildman–Crippen LogP) is 1.28. The van der Waals surface area contributed by atoms with E-state index in [1.165, 1.54) is 4.90 Å². The highest BCUT2D eigenvalue weighted by Crippen LogP contribution is 2.29. The van der Waals surface area contributed by atoms with E-state index in [1.54, 1.807) is 40.6 Å². The van der Waals surface area contributed by atoms with Gasteiger partial charge in [0.25, 0.3) is 11.8 Å². The molecule has 156 valence electrons. The second-order valence-electron chi connectivity index (χ2n) is 7.22. The van der Waals surface area contributed by atoms with Crippen molar-refractivity contribution in [3.63, 3.8) is 0 Å². The second-order valence-corrected chi connectivity index (χ2v) is 7.22. The first-order valence-corrected chi connectivity index (χ1v) is 9.66. The number of hydrogen-bond acceptors (Lipinski definition) is 6. The number of likely N-dealkylation sites (N-methyl/N-ethyl adjacent to an activating group) is 1. The van der Waals surface area contributed by atoms with Crippen LogP contribution in [0.4, 0.5) is 5.69 Å². The molecule has 0 fully saturated rings. The van der Waals surface area contributed by atoms with Crippen LogP contribution in [0.3, 0.4) is 0 Å². The van der Waals surface area contributed by atoms with E-state index in [-0.39, 0.29) is 18.3 Å². The van der Waals surface area contributed by atoms with Crippen molar-refractivity contribution in [3.8, 4) is 17.0 Å². The summed E-state index contributed by atoms with van der Waals surface area (Å²) in [6.45, 7) is 0.0141. The van der Waals surface area contributed by atoms with Crippen molar-refractivity contribution >= 4 is 23.1 Å². The van der Waals surface area contributed by atoms with E-state index < -0.39 is 11.9 Å². The summed E-state index contributed by atoms with van der Waals surface area (Å²) >= 11 is 0.